The number of nitriles is 1. The van der Waals surface area contributed by atoms with Gasteiger partial charge in [-0.15, -0.1) is 0 Å². The van der Waals surface area contributed by atoms with Crippen LogP contribution in [0.2, 0.25) is 0 Å². The number of alkyl carbamates (subject to hydrolysis) is 1. The second-order valence-corrected chi connectivity index (χ2v) is 10.3. The molecule has 36 heavy (non-hydrogen) atoms. The summed E-state index contributed by atoms with van der Waals surface area (Å²) in [5.41, 5.74) is 0.682. The molecular formula is C25H39BN4O6. The molecule has 2 fully saturated rings. The number of likely N-dealkylation sites (tertiary alicyclic amines) is 1. The smallest absolute Gasteiger partial charge is 0.444 e. The van der Waals surface area contributed by atoms with Crippen LogP contribution in [0, 0.1) is 11.3 Å². The third kappa shape index (κ3) is 8.06. The van der Waals surface area contributed by atoms with Gasteiger partial charge in [0.25, 0.3) is 5.91 Å². The molecule has 198 valence electrons. The van der Waals surface area contributed by atoms with Gasteiger partial charge in [-0.05, 0) is 64.9 Å². The topological polar surface area (TPSA) is 135 Å². The number of hydrogen-bond donors (Lipinski definition) is 3. The normalized spacial score (nSPS) is 22.8. The van der Waals surface area contributed by atoms with Crippen LogP contribution < -0.4 is 5.32 Å². The van der Waals surface area contributed by atoms with E-state index < -0.39 is 30.8 Å². The standard InChI is InChI=1S/C25H39BN4O6/c1-25(2,30-11-13-35-14-12-30)16-20(17-27)23(31)29-10-6-5-9-21(18-29)36-24(32)28-22(26(33)34)15-19-7-3-4-8-19/h7,16,21-22,33-34H,3-6,8-15,18H2,1-2H3,(H,28,32)/b20-16+/t21-,22+/m1/s1. The molecule has 3 rings (SSSR count). The van der Waals surface area contributed by atoms with E-state index in [2.05, 4.69) is 22.4 Å². The van der Waals surface area contributed by atoms with Gasteiger partial charge in [-0.1, -0.05) is 11.6 Å². The Labute approximate surface area is 214 Å². The van der Waals surface area contributed by atoms with Crippen molar-refractivity contribution in [1.29, 1.82) is 5.26 Å². The molecule has 0 aromatic heterocycles. The average Bonchev–Trinajstić information content (AvgIpc) is 3.26. The maximum absolute atomic E-state index is 13.3. The number of hydrogen-bond acceptors (Lipinski definition) is 8. The van der Waals surface area contributed by atoms with Gasteiger partial charge in [0, 0.05) is 25.2 Å². The van der Waals surface area contributed by atoms with E-state index in [-0.39, 0.29) is 18.0 Å². The zero-order valence-electron chi connectivity index (χ0n) is 21.4. The Kier molecular flexibility index (Phi) is 10.4. The second kappa shape index (κ2) is 13.2. The molecule has 0 bridgehead atoms. The zero-order valence-corrected chi connectivity index (χ0v) is 21.4. The number of carbonyl (C=O) groups is 2. The van der Waals surface area contributed by atoms with Crippen LogP contribution in [0.1, 0.15) is 58.8 Å². The van der Waals surface area contributed by atoms with Crippen molar-refractivity contribution in [2.24, 2.45) is 0 Å². The lowest BCUT2D eigenvalue weighted by Gasteiger charge is -2.39. The molecule has 2 atom stereocenters. The minimum absolute atomic E-state index is 0.0740. The molecule has 11 heteroatoms. The van der Waals surface area contributed by atoms with Gasteiger partial charge < -0.3 is 29.7 Å². The summed E-state index contributed by atoms with van der Waals surface area (Å²) in [6.07, 6.45) is 7.83. The molecule has 3 N–H and O–H groups in total. The maximum Gasteiger partial charge on any atom is 0.475 e. The Morgan fingerprint density at radius 1 is 1.31 bits per heavy atom. The van der Waals surface area contributed by atoms with Crippen LogP contribution in [0.25, 0.3) is 0 Å². The highest BCUT2D eigenvalue weighted by Crippen LogP contribution is 2.23. The number of morpholine rings is 1. The molecule has 2 amide bonds. The maximum atomic E-state index is 13.3. The highest BCUT2D eigenvalue weighted by Gasteiger charge is 2.32. The zero-order chi connectivity index (χ0) is 26.1. The van der Waals surface area contributed by atoms with E-state index in [4.69, 9.17) is 9.47 Å². The predicted octanol–water partition coefficient (Wildman–Crippen LogP) is 1.54. The van der Waals surface area contributed by atoms with E-state index in [0.29, 0.717) is 32.6 Å². The van der Waals surface area contributed by atoms with Crippen LogP contribution in [0.5, 0.6) is 0 Å². The molecule has 0 saturated carbocycles. The first-order valence-electron chi connectivity index (χ1n) is 13.0. The summed E-state index contributed by atoms with van der Waals surface area (Å²) in [5, 5.41) is 31.8. The monoisotopic (exact) mass is 502 g/mol. The molecule has 0 spiro atoms. The fraction of sp³-hybridized carbons (Fsp3) is 0.720. The van der Waals surface area contributed by atoms with Gasteiger partial charge in [-0.25, -0.2) is 4.79 Å². The van der Waals surface area contributed by atoms with Gasteiger partial charge in [0.15, 0.2) is 0 Å². The Hall–Kier alpha value is -2.39. The van der Waals surface area contributed by atoms with Crippen LogP contribution in [0.15, 0.2) is 23.3 Å². The van der Waals surface area contributed by atoms with Crippen molar-refractivity contribution >= 4 is 19.1 Å². The number of rotatable bonds is 8. The summed E-state index contributed by atoms with van der Waals surface area (Å²) in [7, 11) is -1.70. The molecular weight excluding hydrogens is 463 g/mol. The summed E-state index contributed by atoms with van der Waals surface area (Å²) in [4.78, 5) is 29.6. The molecule has 0 unspecified atom stereocenters. The molecule has 1 aliphatic carbocycles. The van der Waals surface area contributed by atoms with E-state index in [1.54, 1.807) is 11.0 Å². The predicted molar refractivity (Wildman–Crippen MR) is 135 cm³/mol. The van der Waals surface area contributed by atoms with Crippen LogP contribution in [0.4, 0.5) is 4.79 Å². The summed E-state index contributed by atoms with van der Waals surface area (Å²) >= 11 is 0. The van der Waals surface area contributed by atoms with E-state index in [1.165, 1.54) is 0 Å². The SMILES string of the molecule is CC(C)(/C=C(\C#N)C(=O)N1CCCC[C@@H](OC(=O)N[C@@H](CC2=CCCC2)B(O)O)C1)N1CCOCC1. The van der Waals surface area contributed by atoms with Crippen LogP contribution in [-0.4, -0.2) is 95.9 Å². The largest absolute Gasteiger partial charge is 0.475 e. The van der Waals surface area contributed by atoms with Gasteiger partial charge >= 0.3 is 13.2 Å². The fourth-order valence-electron chi connectivity index (χ4n) is 5.05. The third-order valence-electron chi connectivity index (χ3n) is 7.14. The highest BCUT2D eigenvalue weighted by molar-refractivity contribution is 6.43. The van der Waals surface area contributed by atoms with Crippen molar-refractivity contribution in [3.8, 4) is 6.07 Å². The van der Waals surface area contributed by atoms with Crippen molar-refractivity contribution in [3.63, 3.8) is 0 Å². The van der Waals surface area contributed by atoms with Gasteiger partial charge in [-0.3, -0.25) is 9.69 Å². The lowest BCUT2D eigenvalue weighted by molar-refractivity contribution is -0.127. The van der Waals surface area contributed by atoms with E-state index in [0.717, 1.165) is 50.8 Å². The quantitative estimate of drug-likeness (QED) is 0.197. The molecule has 0 radical (unpaired) electrons. The first-order valence-corrected chi connectivity index (χ1v) is 13.0. The molecule has 0 aromatic carbocycles. The van der Waals surface area contributed by atoms with Crippen molar-refractivity contribution in [2.75, 3.05) is 39.4 Å². The van der Waals surface area contributed by atoms with E-state index in [9.17, 15) is 24.9 Å². The lowest BCUT2D eigenvalue weighted by atomic mass is 9.76. The van der Waals surface area contributed by atoms with Gasteiger partial charge in [0.1, 0.15) is 17.7 Å². The molecule has 2 saturated heterocycles. The average molecular weight is 502 g/mol. The lowest BCUT2D eigenvalue weighted by Crippen LogP contribution is -2.49. The van der Waals surface area contributed by atoms with Gasteiger partial charge in [0.2, 0.25) is 0 Å². The van der Waals surface area contributed by atoms with Gasteiger partial charge in [0.05, 0.1) is 25.7 Å². The number of nitrogens with one attached hydrogen (secondary N) is 1. The first kappa shape index (κ1) is 28.2. The summed E-state index contributed by atoms with van der Waals surface area (Å²) in [5.74, 6) is -1.23. The Morgan fingerprint density at radius 3 is 2.69 bits per heavy atom. The Balaban J connectivity index is 1.61. The Morgan fingerprint density at radius 2 is 2.06 bits per heavy atom. The van der Waals surface area contributed by atoms with Gasteiger partial charge in [-0.2, -0.15) is 5.26 Å². The van der Waals surface area contributed by atoms with Crippen molar-refractivity contribution < 1.29 is 29.1 Å². The van der Waals surface area contributed by atoms with E-state index in [1.807, 2.05) is 13.8 Å². The third-order valence-corrected chi connectivity index (χ3v) is 7.14. The molecule has 10 nitrogen and oxygen atoms in total. The summed E-state index contributed by atoms with van der Waals surface area (Å²) in [6, 6.07) is 2.07. The number of allylic oxidation sites excluding steroid dienone is 1. The number of carbonyl (C=O) groups excluding carboxylic acids is 2. The number of amides is 2. The number of nitrogens with zero attached hydrogens (tertiary/aromatic N) is 3. The van der Waals surface area contributed by atoms with Crippen LogP contribution >= 0.6 is 0 Å². The second-order valence-electron chi connectivity index (χ2n) is 10.3. The molecule has 2 aliphatic heterocycles. The molecule has 3 aliphatic rings. The number of ether oxygens (including phenoxy) is 2. The Bertz CT molecular complexity index is 878. The molecule has 2 heterocycles. The van der Waals surface area contributed by atoms with Crippen molar-refractivity contribution in [1.82, 2.24) is 15.1 Å². The van der Waals surface area contributed by atoms with E-state index >= 15 is 0 Å². The van der Waals surface area contributed by atoms with Crippen molar-refractivity contribution in [2.45, 2.75) is 76.4 Å². The minimum atomic E-state index is -1.70. The summed E-state index contributed by atoms with van der Waals surface area (Å²) in [6.45, 7) is 7.31. The fourth-order valence-corrected chi connectivity index (χ4v) is 5.05. The van der Waals surface area contributed by atoms with Crippen molar-refractivity contribution in [3.05, 3.63) is 23.3 Å². The summed E-state index contributed by atoms with van der Waals surface area (Å²) < 4.78 is 11.0. The van der Waals surface area contributed by atoms with Crippen LogP contribution in [0.3, 0.4) is 0 Å². The minimum Gasteiger partial charge on any atom is -0.444 e. The first-order chi connectivity index (χ1) is 17.2. The molecule has 0 aromatic rings. The highest BCUT2D eigenvalue weighted by atomic mass is 16.6. The van der Waals surface area contributed by atoms with Crippen LogP contribution in [-0.2, 0) is 14.3 Å².